The van der Waals surface area contributed by atoms with E-state index in [0.29, 0.717) is 16.6 Å². The van der Waals surface area contributed by atoms with Crippen molar-refractivity contribution in [2.45, 2.75) is 6.54 Å². The van der Waals surface area contributed by atoms with Crippen molar-refractivity contribution in [2.75, 3.05) is 6.54 Å². The second kappa shape index (κ2) is 5.98. The Kier molecular flexibility index (Phi) is 3.87. The van der Waals surface area contributed by atoms with Gasteiger partial charge in [-0.2, -0.15) is 10.4 Å². The number of nitriles is 1. The lowest BCUT2D eigenvalue weighted by molar-refractivity contribution is 0.524. The van der Waals surface area contributed by atoms with E-state index in [1.807, 2.05) is 6.07 Å². The van der Waals surface area contributed by atoms with Crippen molar-refractivity contribution in [3.05, 3.63) is 41.9 Å². The quantitative estimate of drug-likeness (QED) is 0.787. The molecule has 0 amide bonds. The van der Waals surface area contributed by atoms with Gasteiger partial charge in [0.2, 0.25) is 0 Å². The van der Waals surface area contributed by atoms with Gasteiger partial charge in [0, 0.05) is 25.4 Å². The molecule has 0 aliphatic rings. The Balaban J connectivity index is 2.20. The zero-order valence-corrected chi connectivity index (χ0v) is 12.4. The molecule has 3 rings (SSSR count). The van der Waals surface area contributed by atoms with Gasteiger partial charge in [-0.05, 0) is 24.3 Å². The minimum absolute atomic E-state index is 0.0760. The minimum atomic E-state index is -0.399. The largest absolute Gasteiger partial charge is 0.327 e. The molecular weight excluding hydrogens is 297 g/mol. The maximum Gasteiger partial charge on any atom is 0.122 e. The topological polar surface area (TPSA) is 98.3 Å². The van der Waals surface area contributed by atoms with Gasteiger partial charge in [0.15, 0.2) is 0 Å². The molecule has 23 heavy (non-hydrogen) atoms. The van der Waals surface area contributed by atoms with Crippen LogP contribution < -0.4 is 5.73 Å². The molecule has 0 bridgehead atoms. The number of nitrogens with two attached hydrogens (primary N) is 1. The Morgan fingerprint density at radius 3 is 2.96 bits per heavy atom. The number of aromatic nitrogens is 5. The molecule has 0 fully saturated rings. The van der Waals surface area contributed by atoms with Crippen LogP contribution in [0.1, 0.15) is 5.56 Å². The Morgan fingerprint density at radius 1 is 1.48 bits per heavy atom. The van der Waals surface area contributed by atoms with Gasteiger partial charge >= 0.3 is 0 Å². The van der Waals surface area contributed by atoms with Crippen molar-refractivity contribution in [1.82, 2.24) is 24.8 Å². The number of allylic oxidation sites excluding steroid dienone is 1. The summed E-state index contributed by atoms with van der Waals surface area (Å²) in [5, 5.41) is 21.5. The van der Waals surface area contributed by atoms with Gasteiger partial charge in [0.05, 0.1) is 29.4 Å². The molecule has 0 saturated carbocycles. The second-order valence-corrected chi connectivity index (χ2v) is 4.98. The SMILES string of the molecule is Cn1nccc1-c1cc(C#N)cc2c1nnn2C/C(F)=C/CN. The van der Waals surface area contributed by atoms with Crippen molar-refractivity contribution in [3.63, 3.8) is 0 Å². The van der Waals surface area contributed by atoms with E-state index in [2.05, 4.69) is 21.5 Å². The lowest BCUT2D eigenvalue weighted by Crippen LogP contribution is -2.03. The highest BCUT2D eigenvalue weighted by molar-refractivity contribution is 5.92. The molecule has 1 aromatic carbocycles. The summed E-state index contributed by atoms with van der Waals surface area (Å²) < 4.78 is 16.8. The molecule has 116 valence electrons. The lowest BCUT2D eigenvalue weighted by Gasteiger charge is -2.05. The maximum atomic E-state index is 13.7. The molecule has 3 aromatic rings. The van der Waals surface area contributed by atoms with Crippen LogP contribution in [0.2, 0.25) is 0 Å². The number of rotatable bonds is 4. The lowest BCUT2D eigenvalue weighted by atomic mass is 10.1. The fraction of sp³-hybridized carbons (Fsp3) is 0.200. The molecule has 0 unspecified atom stereocenters. The Morgan fingerprint density at radius 2 is 2.30 bits per heavy atom. The number of benzene rings is 1. The van der Waals surface area contributed by atoms with E-state index in [4.69, 9.17) is 5.73 Å². The Labute approximate surface area is 131 Å². The van der Waals surface area contributed by atoms with Crippen molar-refractivity contribution < 1.29 is 4.39 Å². The highest BCUT2D eigenvalue weighted by Gasteiger charge is 2.15. The van der Waals surface area contributed by atoms with E-state index >= 15 is 0 Å². The number of aryl methyl sites for hydroxylation is 1. The van der Waals surface area contributed by atoms with E-state index in [1.54, 1.807) is 30.1 Å². The van der Waals surface area contributed by atoms with Crippen LogP contribution in [0.4, 0.5) is 4.39 Å². The number of hydrogen-bond donors (Lipinski definition) is 1. The minimum Gasteiger partial charge on any atom is -0.327 e. The molecular formula is C15H14FN7. The summed E-state index contributed by atoms with van der Waals surface area (Å²) in [6.07, 6.45) is 2.94. The van der Waals surface area contributed by atoms with Gasteiger partial charge in [0.1, 0.15) is 11.3 Å². The molecule has 0 spiro atoms. The first-order valence-electron chi connectivity index (χ1n) is 6.94. The van der Waals surface area contributed by atoms with Crippen molar-refractivity contribution in [1.29, 1.82) is 5.26 Å². The third kappa shape index (κ3) is 2.69. The maximum absolute atomic E-state index is 13.7. The molecule has 2 N–H and O–H groups in total. The Hall–Kier alpha value is -3.05. The number of hydrogen-bond acceptors (Lipinski definition) is 5. The predicted molar refractivity (Wildman–Crippen MR) is 82.7 cm³/mol. The van der Waals surface area contributed by atoms with Crippen LogP contribution in [0.5, 0.6) is 0 Å². The van der Waals surface area contributed by atoms with E-state index in [-0.39, 0.29) is 13.1 Å². The second-order valence-electron chi connectivity index (χ2n) is 4.98. The number of nitrogens with zero attached hydrogens (tertiary/aromatic N) is 6. The summed E-state index contributed by atoms with van der Waals surface area (Å²) in [4.78, 5) is 0. The monoisotopic (exact) mass is 311 g/mol. The first kappa shape index (κ1) is 14.9. The van der Waals surface area contributed by atoms with Crippen LogP contribution in [-0.2, 0) is 13.6 Å². The summed E-state index contributed by atoms with van der Waals surface area (Å²) in [6.45, 7) is 0.0373. The summed E-state index contributed by atoms with van der Waals surface area (Å²) in [6, 6.07) is 7.30. The van der Waals surface area contributed by atoms with Crippen LogP contribution >= 0.6 is 0 Å². The highest BCUT2D eigenvalue weighted by atomic mass is 19.1. The predicted octanol–water partition coefficient (Wildman–Crippen LogP) is 1.52. The van der Waals surface area contributed by atoms with Crippen LogP contribution in [-0.4, -0.2) is 31.3 Å². The van der Waals surface area contributed by atoms with E-state index < -0.39 is 5.83 Å². The third-order valence-electron chi connectivity index (χ3n) is 3.49. The zero-order chi connectivity index (χ0) is 16.4. The van der Waals surface area contributed by atoms with Crippen LogP contribution in [0.15, 0.2) is 36.3 Å². The highest BCUT2D eigenvalue weighted by Crippen LogP contribution is 2.28. The molecule has 2 heterocycles. The average Bonchev–Trinajstić information content (AvgIpc) is 3.13. The van der Waals surface area contributed by atoms with Crippen molar-refractivity contribution in [2.24, 2.45) is 12.8 Å². The molecule has 7 nitrogen and oxygen atoms in total. The molecule has 0 aliphatic heterocycles. The first-order valence-corrected chi connectivity index (χ1v) is 6.94. The summed E-state index contributed by atoms with van der Waals surface area (Å²) >= 11 is 0. The van der Waals surface area contributed by atoms with Gasteiger partial charge in [-0.1, -0.05) is 5.21 Å². The van der Waals surface area contributed by atoms with E-state index in [0.717, 1.165) is 11.3 Å². The molecule has 0 radical (unpaired) electrons. The first-order chi connectivity index (χ1) is 11.1. The summed E-state index contributed by atoms with van der Waals surface area (Å²) in [7, 11) is 1.80. The molecule has 8 heteroatoms. The molecule has 0 atom stereocenters. The van der Waals surface area contributed by atoms with Gasteiger partial charge in [-0.15, -0.1) is 5.10 Å². The smallest absolute Gasteiger partial charge is 0.122 e. The average molecular weight is 311 g/mol. The van der Waals surface area contributed by atoms with E-state index in [9.17, 15) is 9.65 Å². The summed E-state index contributed by atoms with van der Waals surface area (Å²) in [5.74, 6) is -0.399. The number of halogens is 1. The van der Waals surface area contributed by atoms with Crippen LogP contribution in [0.3, 0.4) is 0 Å². The molecule has 0 saturated heterocycles. The molecule has 2 aromatic heterocycles. The normalized spacial score (nSPS) is 11.8. The van der Waals surface area contributed by atoms with Crippen LogP contribution in [0, 0.1) is 11.3 Å². The van der Waals surface area contributed by atoms with Crippen molar-refractivity contribution >= 4 is 11.0 Å². The Bertz CT molecular complexity index is 929. The fourth-order valence-corrected chi connectivity index (χ4v) is 2.42. The zero-order valence-electron chi connectivity index (χ0n) is 12.4. The third-order valence-corrected chi connectivity index (χ3v) is 3.49. The number of fused-ring (bicyclic) bond motifs is 1. The van der Waals surface area contributed by atoms with Gasteiger partial charge in [-0.3, -0.25) is 4.68 Å². The standard InChI is InChI=1S/C15H14FN7/c1-22-13(3-5-19-22)12-6-10(8-18)7-14-15(12)20-21-23(14)9-11(16)2-4-17/h2-3,5-7H,4,9,17H2,1H3/b11-2-. The van der Waals surface area contributed by atoms with Crippen LogP contribution in [0.25, 0.3) is 22.3 Å². The van der Waals surface area contributed by atoms with Crippen molar-refractivity contribution in [3.8, 4) is 17.3 Å². The van der Waals surface area contributed by atoms with Gasteiger partial charge in [-0.25, -0.2) is 9.07 Å². The molecule has 0 aliphatic carbocycles. The van der Waals surface area contributed by atoms with Gasteiger partial charge in [0.25, 0.3) is 0 Å². The van der Waals surface area contributed by atoms with E-state index in [1.165, 1.54) is 10.8 Å². The van der Waals surface area contributed by atoms with Gasteiger partial charge < -0.3 is 5.73 Å². The fourth-order valence-electron chi connectivity index (χ4n) is 2.42. The summed E-state index contributed by atoms with van der Waals surface area (Å²) in [5.41, 5.74) is 8.46.